The molecule has 0 aliphatic heterocycles. The number of hydrogen-bond acceptors (Lipinski definition) is 6. The average Bonchev–Trinajstić information content (AvgIpc) is 3.13. The van der Waals surface area contributed by atoms with E-state index in [4.69, 9.17) is 9.47 Å². The van der Waals surface area contributed by atoms with Crippen molar-refractivity contribution < 1.29 is 23.9 Å². The molecule has 0 fully saturated rings. The van der Waals surface area contributed by atoms with Gasteiger partial charge in [0.15, 0.2) is 12.4 Å². The maximum atomic E-state index is 12.3. The Morgan fingerprint density at radius 1 is 0.971 bits per heavy atom. The minimum atomic E-state index is -0.611. The molecule has 1 aromatic heterocycles. The first-order valence-electron chi connectivity index (χ1n) is 11.2. The first-order chi connectivity index (χ1) is 16.4. The van der Waals surface area contributed by atoms with Crippen LogP contribution in [0.4, 0.5) is 5.69 Å². The monoisotopic (exact) mass is 463 g/mol. The summed E-state index contributed by atoms with van der Waals surface area (Å²) in [5.74, 6) is -0.562. The molecule has 8 heteroatoms. The lowest BCUT2D eigenvalue weighted by molar-refractivity contribution is -0.147. The van der Waals surface area contributed by atoms with Crippen LogP contribution < -0.4 is 10.1 Å². The molecule has 34 heavy (non-hydrogen) atoms. The number of amides is 1. The van der Waals surface area contributed by atoms with Gasteiger partial charge in [0.25, 0.3) is 5.91 Å². The van der Waals surface area contributed by atoms with Crippen LogP contribution in [0, 0.1) is 13.8 Å². The molecule has 1 N–H and O–H groups in total. The molecule has 0 bridgehead atoms. The molecule has 0 unspecified atom stereocenters. The number of aromatic nitrogens is 2. The number of Topliss-reactive ketones (excluding diaryl/α,β-unsaturated/α-hetero) is 1. The summed E-state index contributed by atoms with van der Waals surface area (Å²) >= 11 is 0. The number of nitrogens with one attached hydrogen (secondary N) is 1. The number of esters is 1. The summed E-state index contributed by atoms with van der Waals surface area (Å²) in [4.78, 5) is 36.7. The van der Waals surface area contributed by atoms with Crippen molar-refractivity contribution >= 4 is 23.3 Å². The minimum Gasteiger partial charge on any atom is -0.494 e. The van der Waals surface area contributed by atoms with Gasteiger partial charge in [-0.1, -0.05) is 25.1 Å². The Morgan fingerprint density at radius 3 is 2.35 bits per heavy atom. The lowest BCUT2D eigenvalue weighted by Crippen LogP contribution is -2.21. The zero-order chi connectivity index (χ0) is 24.5. The number of benzene rings is 2. The topological polar surface area (TPSA) is 99.5 Å². The molecular formula is C26H29N3O5. The number of carbonyl (C=O) groups excluding carboxylic acids is 3. The van der Waals surface area contributed by atoms with Crippen LogP contribution in [-0.2, 0) is 14.3 Å². The molecule has 3 rings (SSSR count). The first kappa shape index (κ1) is 24.7. The normalized spacial score (nSPS) is 10.6. The summed E-state index contributed by atoms with van der Waals surface area (Å²) in [5, 5.41) is 7.23. The quantitative estimate of drug-likeness (QED) is 0.334. The Labute approximate surface area is 198 Å². The Kier molecular flexibility index (Phi) is 8.56. The van der Waals surface area contributed by atoms with Gasteiger partial charge in [0.2, 0.25) is 0 Å². The van der Waals surface area contributed by atoms with Gasteiger partial charge in [-0.2, -0.15) is 5.10 Å². The highest BCUT2D eigenvalue weighted by atomic mass is 16.5. The summed E-state index contributed by atoms with van der Waals surface area (Å²) < 4.78 is 12.3. The zero-order valence-corrected chi connectivity index (χ0v) is 19.7. The predicted molar refractivity (Wildman–Crippen MR) is 128 cm³/mol. The fraction of sp³-hybridized carbons (Fsp3) is 0.308. The highest BCUT2D eigenvalue weighted by Gasteiger charge is 2.17. The van der Waals surface area contributed by atoms with E-state index in [0.29, 0.717) is 29.3 Å². The number of nitrogens with zero attached hydrogens (tertiary/aromatic N) is 2. The van der Waals surface area contributed by atoms with Crippen molar-refractivity contribution in [3.8, 4) is 11.4 Å². The lowest BCUT2D eigenvalue weighted by atomic mass is 10.1. The van der Waals surface area contributed by atoms with Crippen molar-refractivity contribution in [1.29, 1.82) is 0 Å². The van der Waals surface area contributed by atoms with E-state index >= 15 is 0 Å². The zero-order valence-electron chi connectivity index (χ0n) is 19.7. The second-order valence-electron chi connectivity index (χ2n) is 7.80. The number of ketones is 1. The van der Waals surface area contributed by atoms with Crippen LogP contribution in [0.25, 0.3) is 5.69 Å². The molecule has 0 spiro atoms. The second-order valence-corrected chi connectivity index (χ2v) is 7.80. The molecule has 1 amide bonds. The van der Waals surface area contributed by atoms with Crippen LogP contribution in [-0.4, -0.2) is 40.7 Å². The van der Waals surface area contributed by atoms with Crippen LogP contribution in [0.5, 0.6) is 5.75 Å². The highest BCUT2D eigenvalue weighted by Crippen LogP contribution is 2.22. The maximum absolute atomic E-state index is 12.3. The average molecular weight is 464 g/mol. The molecule has 1 heterocycles. The number of aryl methyl sites for hydroxylation is 1. The number of ether oxygens (including phenoxy) is 2. The van der Waals surface area contributed by atoms with E-state index in [9.17, 15) is 14.4 Å². The lowest BCUT2D eigenvalue weighted by Gasteiger charge is -2.08. The van der Waals surface area contributed by atoms with E-state index < -0.39 is 18.5 Å². The van der Waals surface area contributed by atoms with Crippen LogP contribution in [0.2, 0.25) is 0 Å². The van der Waals surface area contributed by atoms with Crippen molar-refractivity contribution in [2.24, 2.45) is 0 Å². The van der Waals surface area contributed by atoms with Crippen molar-refractivity contribution in [2.45, 2.75) is 40.0 Å². The summed E-state index contributed by atoms with van der Waals surface area (Å²) in [7, 11) is 0. The fourth-order valence-electron chi connectivity index (χ4n) is 3.35. The number of para-hydroxylation sites is 1. The van der Waals surface area contributed by atoms with E-state index in [1.807, 2.05) is 44.2 Å². The van der Waals surface area contributed by atoms with Gasteiger partial charge in [0, 0.05) is 12.0 Å². The smallest absolute Gasteiger partial charge is 0.306 e. The molecule has 0 atom stereocenters. The predicted octanol–water partition coefficient (Wildman–Crippen LogP) is 4.42. The third-order valence-electron chi connectivity index (χ3n) is 5.13. The molecule has 0 saturated carbocycles. The Hall–Kier alpha value is -3.94. The van der Waals surface area contributed by atoms with Crippen LogP contribution in [0.1, 0.15) is 47.9 Å². The number of carbonyl (C=O) groups is 3. The van der Waals surface area contributed by atoms with Crippen LogP contribution in [0.15, 0.2) is 54.6 Å². The van der Waals surface area contributed by atoms with Gasteiger partial charge in [-0.05, 0) is 56.7 Å². The third kappa shape index (κ3) is 6.54. The van der Waals surface area contributed by atoms with E-state index in [2.05, 4.69) is 10.4 Å². The first-order valence-corrected chi connectivity index (χ1v) is 11.2. The van der Waals surface area contributed by atoms with Gasteiger partial charge < -0.3 is 14.8 Å². The molecular weight excluding hydrogens is 434 g/mol. The molecule has 2 aromatic carbocycles. The van der Waals surface area contributed by atoms with Crippen molar-refractivity contribution in [1.82, 2.24) is 9.78 Å². The van der Waals surface area contributed by atoms with Crippen LogP contribution >= 0.6 is 0 Å². The van der Waals surface area contributed by atoms with E-state index in [0.717, 1.165) is 17.8 Å². The molecule has 178 valence electrons. The summed E-state index contributed by atoms with van der Waals surface area (Å²) in [6, 6.07) is 16.4. The van der Waals surface area contributed by atoms with Crippen LogP contribution in [0.3, 0.4) is 0 Å². The highest BCUT2D eigenvalue weighted by molar-refractivity contribution is 5.98. The standard InChI is InChI=1S/C26H29N3O5/c1-4-16-33-22-12-10-20(11-13-22)23(30)14-15-25(32)34-17-24(31)27-26-18(2)28-29(19(26)3)21-8-6-5-7-9-21/h5-13H,4,14-17H2,1-3H3,(H,27,31). The Balaban J connectivity index is 1.46. The van der Waals surface area contributed by atoms with Gasteiger partial charge in [0.05, 0.1) is 35.8 Å². The van der Waals surface area contributed by atoms with E-state index in [-0.39, 0.29) is 18.6 Å². The molecule has 0 radical (unpaired) electrons. The second kappa shape index (κ2) is 11.8. The van der Waals surface area contributed by atoms with Gasteiger partial charge in [-0.3, -0.25) is 14.4 Å². The Morgan fingerprint density at radius 2 is 1.68 bits per heavy atom. The van der Waals surface area contributed by atoms with E-state index in [1.165, 1.54) is 0 Å². The van der Waals surface area contributed by atoms with Crippen molar-refractivity contribution in [2.75, 3.05) is 18.5 Å². The van der Waals surface area contributed by atoms with Gasteiger partial charge >= 0.3 is 5.97 Å². The molecule has 3 aromatic rings. The van der Waals surface area contributed by atoms with Gasteiger partial charge in [0.1, 0.15) is 5.75 Å². The molecule has 0 aliphatic rings. The van der Waals surface area contributed by atoms with Gasteiger partial charge in [-0.15, -0.1) is 0 Å². The largest absolute Gasteiger partial charge is 0.494 e. The SMILES string of the molecule is CCCOc1ccc(C(=O)CCC(=O)OCC(=O)Nc2c(C)nn(-c3ccccc3)c2C)cc1. The maximum Gasteiger partial charge on any atom is 0.306 e. The number of hydrogen-bond donors (Lipinski definition) is 1. The number of rotatable bonds is 11. The number of anilines is 1. The van der Waals surface area contributed by atoms with Crippen molar-refractivity contribution in [3.05, 3.63) is 71.5 Å². The van der Waals surface area contributed by atoms with Crippen molar-refractivity contribution in [3.63, 3.8) is 0 Å². The molecule has 0 aliphatic carbocycles. The van der Waals surface area contributed by atoms with Gasteiger partial charge in [-0.25, -0.2) is 4.68 Å². The molecule has 0 saturated heterocycles. The summed E-state index contributed by atoms with van der Waals surface area (Å²) in [5.41, 5.74) is 3.36. The van der Waals surface area contributed by atoms with E-state index in [1.54, 1.807) is 35.9 Å². The molecule has 8 nitrogen and oxygen atoms in total. The minimum absolute atomic E-state index is 0.00230. The Bertz CT molecular complexity index is 1140. The fourth-order valence-corrected chi connectivity index (χ4v) is 3.35. The summed E-state index contributed by atoms with van der Waals surface area (Å²) in [6.07, 6.45) is 0.791. The summed E-state index contributed by atoms with van der Waals surface area (Å²) in [6.45, 7) is 5.83. The third-order valence-corrected chi connectivity index (χ3v) is 5.13.